The van der Waals surface area contributed by atoms with Gasteiger partial charge in [0.25, 0.3) is 0 Å². The summed E-state index contributed by atoms with van der Waals surface area (Å²) in [4.78, 5) is 0. The lowest BCUT2D eigenvalue weighted by Gasteiger charge is -2.78. The Kier molecular flexibility index (Phi) is 13.3. The van der Waals surface area contributed by atoms with Crippen molar-refractivity contribution in [1.82, 2.24) is 0 Å². The van der Waals surface area contributed by atoms with Crippen LogP contribution >= 0.6 is 0 Å². The minimum absolute atomic E-state index is 0.0582. The van der Waals surface area contributed by atoms with Gasteiger partial charge in [-0.05, 0) is 211 Å². The summed E-state index contributed by atoms with van der Waals surface area (Å²) in [5, 5.41) is 0. The van der Waals surface area contributed by atoms with Crippen LogP contribution in [0.3, 0.4) is 0 Å². The van der Waals surface area contributed by atoms with Gasteiger partial charge in [-0.1, -0.05) is 243 Å². The lowest BCUT2D eigenvalue weighted by molar-refractivity contribution is -0.212. The summed E-state index contributed by atoms with van der Waals surface area (Å²) in [5.41, 5.74) is 25.9. The molecular weight excluding hydrogens is 1020 g/mol. The van der Waals surface area contributed by atoms with Gasteiger partial charge in [0.1, 0.15) is 11.5 Å². The van der Waals surface area contributed by atoms with Gasteiger partial charge in [0.15, 0.2) is 0 Å². The summed E-state index contributed by atoms with van der Waals surface area (Å²) in [6, 6.07) is 28.5. The minimum atomic E-state index is -0.525. The van der Waals surface area contributed by atoms with Gasteiger partial charge in [-0.15, -0.1) is 0 Å². The number of rotatable bonds is 6. The molecule has 4 aromatic rings. The van der Waals surface area contributed by atoms with Gasteiger partial charge >= 0.3 is 0 Å². The minimum Gasteiger partial charge on any atom is -0.496 e. The maximum Gasteiger partial charge on any atom is 0.124 e. The third-order valence-corrected chi connectivity index (χ3v) is 28.3. The second-order valence-electron chi connectivity index (χ2n) is 31.9. The fraction of sp³-hybridized carbons (Fsp3) is 0.512. The monoisotopic (exact) mass is 1120 g/mol. The molecule has 4 aromatic carbocycles. The van der Waals surface area contributed by atoms with E-state index < -0.39 is 10.8 Å². The van der Waals surface area contributed by atoms with Crippen molar-refractivity contribution in [2.24, 2.45) is 72.4 Å². The molecule has 5 unspecified atom stereocenters. The Hall–Kier alpha value is -5.60. The summed E-state index contributed by atoms with van der Waals surface area (Å²) in [6.07, 6.45) is 26.5. The normalized spacial score (nSPS) is 29.0. The highest BCUT2D eigenvalue weighted by Gasteiger charge is 2.78. The van der Waals surface area contributed by atoms with E-state index in [9.17, 15) is 0 Å². The smallest absolute Gasteiger partial charge is 0.124 e. The molecule has 2 nitrogen and oxygen atoms in total. The van der Waals surface area contributed by atoms with Crippen molar-refractivity contribution in [2.75, 3.05) is 14.2 Å². The van der Waals surface area contributed by atoms with Crippen LogP contribution in [0.4, 0.5) is 0 Å². The van der Waals surface area contributed by atoms with Gasteiger partial charge < -0.3 is 9.47 Å². The molecule has 2 fully saturated rings. The summed E-state index contributed by atoms with van der Waals surface area (Å²) in [6.45, 7) is 50.7. The number of methoxy groups -OCH3 is 2. The lowest BCUT2D eigenvalue weighted by Crippen LogP contribution is -2.73. The van der Waals surface area contributed by atoms with Crippen LogP contribution in [0.1, 0.15) is 192 Å². The van der Waals surface area contributed by atoms with Gasteiger partial charge in [-0.2, -0.15) is 0 Å². The van der Waals surface area contributed by atoms with E-state index >= 15 is 0 Å². The van der Waals surface area contributed by atoms with Gasteiger partial charge in [0.2, 0.25) is 0 Å². The molecule has 0 heterocycles. The van der Waals surface area contributed by atoms with Crippen molar-refractivity contribution in [1.29, 1.82) is 0 Å². The van der Waals surface area contributed by atoms with Crippen molar-refractivity contribution in [3.8, 4) is 11.5 Å². The summed E-state index contributed by atoms with van der Waals surface area (Å²) in [7, 11) is 3.64. The van der Waals surface area contributed by atoms with Crippen LogP contribution in [0, 0.1) is 100 Å². The van der Waals surface area contributed by atoms with E-state index in [0.29, 0.717) is 17.8 Å². The van der Waals surface area contributed by atoms with E-state index in [2.05, 4.69) is 260 Å². The quantitative estimate of drug-likeness (QED) is 0.192. The topological polar surface area (TPSA) is 18.5 Å². The predicted molar refractivity (Wildman–Crippen MR) is 356 cm³/mol. The molecular formula is C82H102O2. The van der Waals surface area contributed by atoms with Crippen LogP contribution < -0.4 is 9.47 Å². The van der Waals surface area contributed by atoms with Crippen molar-refractivity contribution in [3.05, 3.63) is 210 Å². The molecule has 84 heavy (non-hydrogen) atoms. The molecule has 442 valence electrons. The summed E-state index contributed by atoms with van der Waals surface area (Å²) >= 11 is 0. The van der Waals surface area contributed by atoms with E-state index in [1.54, 1.807) is 39.0 Å². The summed E-state index contributed by atoms with van der Waals surface area (Å²) in [5.74, 6) is 3.73. The van der Waals surface area contributed by atoms with Gasteiger partial charge in [0.05, 0.1) is 14.2 Å². The van der Waals surface area contributed by atoms with Crippen LogP contribution in [0.25, 0.3) is 11.1 Å². The first-order valence-corrected chi connectivity index (χ1v) is 32.5. The average molecular weight is 1120 g/mol. The standard InChI is InChI=1S/C53H64O2.C29H38/c1-32-27-38(28-33(2)45(32)54-13)53(37-22-16-17-23-37,39-29-34(3)46(55-14)35(4)30-39)52(12)47-42-31-36-21-15-18-24-40(36)44(42)41-25-19-20-26-43(41)51(47,11)49(7,8)48(5,6)50(52,9)10;1-26(2)24-21-16-12-11-15-20(21)23-19-14-10-9-13-18(19)17-22(23)25(24)27(3,4)29(7,8)28(26,5)6/h15-19,21-25,27-30,37,43H,20,26,31H2,1-14H3;9-11,13-15,21,24H,12,16-17H2,1-8H3. The average Bonchev–Trinajstić information content (AvgIpc) is 0.898. The molecule has 5 atom stereocenters. The van der Waals surface area contributed by atoms with Crippen molar-refractivity contribution >= 4 is 11.1 Å². The molecule has 0 aliphatic heterocycles. The highest BCUT2D eigenvalue weighted by Crippen LogP contribution is 2.84. The lowest BCUT2D eigenvalue weighted by atomic mass is 9.25. The fourth-order valence-electron chi connectivity index (χ4n) is 21.4. The molecule has 2 saturated carbocycles. The number of benzene rings is 4. The van der Waals surface area contributed by atoms with Gasteiger partial charge in [-0.25, -0.2) is 0 Å². The Morgan fingerprint density at radius 2 is 0.964 bits per heavy atom. The Morgan fingerprint density at radius 1 is 0.500 bits per heavy atom. The van der Waals surface area contributed by atoms with E-state index in [-0.39, 0.29) is 49.2 Å². The maximum absolute atomic E-state index is 6.10. The van der Waals surface area contributed by atoms with E-state index in [1.165, 1.54) is 80.5 Å². The molecule has 13 rings (SSSR count). The van der Waals surface area contributed by atoms with E-state index in [0.717, 1.165) is 30.8 Å². The molecule has 2 heteroatoms. The highest BCUT2D eigenvalue weighted by atomic mass is 16.5. The van der Waals surface area contributed by atoms with E-state index in [4.69, 9.17) is 9.47 Å². The van der Waals surface area contributed by atoms with Crippen molar-refractivity contribution in [2.45, 2.75) is 182 Å². The number of ether oxygens (including phenoxy) is 2. The number of allylic oxidation sites excluding steroid dienone is 16. The molecule has 0 spiro atoms. The van der Waals surface area contributed by atoms with E-state index in [1.807, 2.05) is 14.2 Å². The van der Waals surface area contributed by atoms with Crippen molar-refractivity contribution in [3.63, 3.8) is 0 Å². The number of hydrogen-bond donors (Lipinski definition) is 0. The fourth-order valence-corrected chi connectivity index (χ4v) is 21.4. The molecule has 0 bridgehead atoms. The molecule has 0 amide bonds. The van der Waals surface area contributed by atoms with Crippen LogP contribution in [0.15, 0.2) is 155 Å². The molecule has 0 aromatic heterocycles. The van der Waals surface area contributed by atoms with Crippen molar-refractivity contribution < 1.29 is 9.47 Å². The second kappa shape index (κ2) is 19.0. The zero-order valence-corrected chi connectivity index (χ0v) is 55.9. The number of hydrogen-bond acceptors (Lipinski definition) is 2. The Bertz CT molecular complexity index is 3600. The van der Waals surface area contributed by atoms with Gasteiger partial charge in [0, 0.05) is 22.2 Å². The number of fused-ring (bicyclic) bond motifs is 12. The van der Waals surface area contributed by atoms with Gasteiger partial charge in [-0.3, -0.25) is 0 Å². The Balaban J connectivity index is 0.000000200. The van der Waals surface area contributed by atoms with Crippen LogP contribution in [-0.4, -0.2) is 14.2 Å². The first-order valence-electron chi connectivity index (χ1n) is 32.5. The molecule has 0 N–H and O–H groups in total. The highest BCUT2D eigenvalue weighted by molar-refractivity contribution is 5.94. The molecule has 9 aliphatic carbocycles. The van der Waals surface area contributed by atoms with Crippen LogP contribution in [0.2, 0.25) is 0 Å². The summed E-state index contributed by atoms with van der Waals surface area (Å²) < 4.78 is 12.2. The Labute approximate surface area is 508 Å². The third-order valence-electron chi connectivity index (χ3n) is 28.3. The van der Waals surface area contributed by atoms with Crippen LogP contribution in [-0.2, 0) is 18.3 Å². The second-order valence-corrected chi connectivity index (χ2v) is 31.9. The zero-order valence-electron chi connectivity index (χ0n) is 55.9. The Morgan fingerprint density at radius 3 is 1.48 bits per heavy atom. The molecule has 9 aliphatic rings. The number of aryl methyl sites for hydroxylation is 4. The third kappa shape index (κ3) is 6.98. The molecule has 0 radical (unpaired) electrons. The SMILES string of the molecule is CC1(C)C2=C3Cc4ccccc4C3=C3C=CCCC3C2C(C)(C)C(C)(C)C1(C)C.COc1c(C)cc(C(c2cc(C)c(OC)c(C)c2)(C2C=CC=C2)C2(C)C3=C4Cc5ccccc5C4=C4C=CCCC4C3(C)C(C)(C)C(C)(C)C2(C)C)cc1C. The largest absolute Gasteiger partial charge is 0.496 e. The zero-order chi connectivity index (χ0) is 60.7. The molecule has 0 saturated heterocycles. The first-order chi connectivity index (χ1) is 39.3. The maximum atomic E-state index is 6.10. The predicted octanol–water partition coefficient (Wildman–Crippen LogP) is 21.4. The van der Waals surface area contributed by atoms with Crippen LogP contribution in [0.5, 0.6) is 11.5 Å². The first kappa shape index (κ1) is 58.8.